The highest BCUT2D eigenvalue weighted by atomic mass is 32.1. The predicted molar refractivity (Wildman–Crippen MR) is 91.7 cm³/mol. The molecule has 1 N–H and O–H groups in total. The van der Waals surface area contributed by atoms with Gasteiger partial charge < -0.3 is 5.32 Å². The van der Waals surface area contributed by atoms with Crippen LogP contribution < -0.4 is 5.32 Å². The maximum atomic E-state index is 13.8. The number of hydrogen-bond acceptors (Lipinski definition) is 3. The summed E-state index contributed by atoms with van der Waals surface area (Å²) >= 11 is 1.67. The molecule has 4 heteroatoms. The summed E-state index contributed by atoms with van der Waals surface area (Å²) < 4.78 is 13.8. The van der Waals surface area contributed by atoms with Crippen molar-refractivity contribution in [2.24, 2.45) is 0 Å². The van der Waals surface area contributed by atoms with E-state index in [2.05, 4.69) is 23.2 Å². The van der Waals surface area contributed by atoms with Gasteiger partial charge in [0.15, 0.2) is 0 Å². The average molecular weight is 318 g/mol. The summed E-state index contributed by atoms with van der Waals surface area (Å²) in [5.41, 5.74) is 0.701. The van der Waals surface area contributed by atoms with Crippen LogP contribution in [-0.4, -0.2) is 30.6 Å². The van der Waals surface area contributed by atoms with E-state index in [1.807, 2.05) is 18.2 Å². The Labute approximate surface area is 136 Å². The van der Waals surface area contributed by atoms with Crippen molar-refractivity contribution in [2.75, 3.05) is 19.6 Å². The maximum absolute atomic E-state index is 13.8. The fourth-order valence-electron chi connectivity index (χ4n) is 3.18. The zero-order chi connectivity index (χ0) is 15.4. The minimum absolute atomic E-state index is 0.145. The van der Waals surface area contributed by atoms with E-state index in [0.717, 1.165) is 24.5 Å². The lowest BCUT2D eigenvalue weighted by Crippen LogP contribution is -2.37. The van der Waals surface area contributed by atoms with Gasteiger partial charge >= 0.3 is 0 Å². The first kappa shape index (κ1) is 15.7. The minimum Gasteiger partial charge on any atom is -0.310 e. The number of nitrogens with one attached hydrogen (secondary N) is 1. The number of nitrogens with zero attached hydrogens (tertiary/aromatic N) is 1. The number of likely N-dealkylation sites (N-methyl/N-ethyl adjacent to an activating group) is 1. The molecule has 1 unspecified atom stereocenters. The molecule has 0 spiro atoms. The third-order valence-electron chi connectivity index (χ3n) is 4.39. The second kappa shape index (κ2) is 7.36. The Bertz CT molecular complexity index is 611. The van der Waals surface area contributed by atoms with E-state index in [0.29, 0.717) is 11.6 Å². The van der Waals surface area contributed by atoms with Crippen molar-refractivity contribution in [3.05, 3.63) is 47.1 Å². The minimum atomic E-state index is -0.145. The standard InChI is InChI=1S/C18H23FN2S/c1-2-21-11-5-6-14(21)12-20-13-15-9-10-18(22-15)16-7-3-4-8-17(16)19/h3-4,7-10,14,20H,2,5-6,11-13H2,1H3. The number of rotatable bonds is 6. The lowest BCUT2D eigenvalue weighted by atomic mass is 10.2. The Morgan fingerprint density at radius 1 is 1.27 bits per heavy atom. The van der Waals surface area contributed by atoms with Crippen molar-refractivity contribution < 1.29 is 4.39 Å². The van der Waals surface area contributed by atoms with Crippen LogP contribution in [0.15, 0.2) is 36.4 Å². The Morgan fingerprint density at radius 3 is 2.95 bits per heavy atom. The molecule has 3 rings (SSSR count). The zero-order valence-corrected chi connectivity index (χ0v) is 13.8. The molecular formula is C18H23FN2S. The van der Waals surface area contributed by atoms with E-state index in [1.54, 1.807) is 17.4 Å². The van der Waals surface area contributed by atoms with Crippen LogP contribution in [0.3, 0.4) is 0 Å². The van der Waals surface area contributed by atoms with Crippen LogP contribution >= 0.6 is 11.3 Å². The van der Waals surface area contributed by atoms with E-state index >= 15 is 0 Å². The molecule has 118 valence electrons. The van der Waals surface area contributed by atoms with Gasteiger partial charge in [-0.1, -0.05) is 25.1 Å². The average Bonchev–Trinajstić information content (AvgIpc) is 3.17. The zero-order valence-electron chi connectivity index (χ0n) is 13.0. The van der Waals surface area contributed by atoms with Gasteiger partial charge in [0.05, 0.1) is 0 Å². The first-order valence-electron chi connectivity index (χ1n) is 8.06. The summed E-state index contributed by atoms with van der Waals surface area (Å²) in [6.07, 6.45) is 2.61. The SMILES string of the molecule is CCN1CCCC1CNCc1ccc(-c2ccccc2F)s1. The highest BCUT2D eigenvalue weighted by Gasteiger charge is 2.22. The summed E-state index contributed by atoms with van der Waals surface area (Å²) in [6, 6.07) is 11.8. The molecule has 1 aromatic heterocycles. The van der Waals surface area contributed by atoms with Gasteiger partial charge in [-0.05, 0) is 44.1 Å². The molecule has 1 aliphatic rings. The maximum Gasteiger partial charge on any atom is 0.131 e. The van der Waals surface area contributed by atoms with E-state index in [-0.39, 0.29) is 5.82 Å². The molecule has 2 nitrogen and oxygen atoms in total. The Balaban J connectivity index is 1.55. The van der Waals surface area contributed by atoms with Crippen molar-refractivity contribution in [1.29, 1.82) is 0 Å². The highest BCUT2D eigenvalue weighted by Crippen LogP contribution is 2.30. The number of halogens is 1. The molecule has 22 heavy (non-hydrogen) atoms. The monoisotopic (exact) mass is 318 g/mol. The fraction of sp³-hybridized carbons (Fsp3) is 0.444. The van der Waals surface area contributed by atoms with E-state index < -0.39 is 0 Å². The van der Waals surface area contributed by atoms with Gasteiger partial charge in [-0.3, -0.25) is 4.90 Å². The summed E-state index contributed by atoms with van der Waals surface area (Å²) in [5, 5.41) is 3.56. The van der Waals surface area contributed by atoms with Crippen molar-refractivity contribution in [3.63, 3.8) is 0 Å². The molecule has 1 atom stereocenters. The Morgan fingerprint density at radius 2 is 2.14 bits per heavy atom. The third-order valence-corrected chi connectivity index (χ3v) is 5.50. The van der Waals surface area contributed by atoms with Gasteiger partial charge in [-0.2, -0.15) is 0 Å². The second-order valence-corrected chi connectivity index (χ2v) is 6.97. The molecule has 0 amide bonds. The molecule has 2 heterocycles. The van der Waals surface area contributed by atoms with E-state index in [4.69, 9.17) is 0 Å². The summed E-state index contributed by atoms with van der Waals surface area (Å²) in [6.45, 7) is 6.52. The lowest BCUT2D eigenvalue weighted by Gasteiger charge is -2.22. The molecule has 0 aliphatic carbocycles. The Kier molecular flexibility index (Phi) is 5.24. The first-order chi connectivity index (χ1) is 10.8. The lowest BCUT2D eigenvalue weighted by molar-refractivity contribution is 0.260. The molecular weight excluding hydrogens is 295 g/mol. The molecule has 0 saturated carbocycles. The quantitative estimate of drug-likeness (QED) is 0.861. The first-order valence-corrected chi connectivity index (χ1v) is 8.88. The van der Waals surface area contributed by atoms with Crippen LogP contribution in [0.5, 0.6) is 0 Å². The number of likely N-dealkylation sites (tertiary alicyclic amines) is 1. The molecule has 0 radical (unpaired) electrons. The van der Waals surface area contributed by atoms with Crippen LogP contribution in [-0.2, 0) is 6.54 Å². The van der Waals surface area contributed by atoms with Crippen molar-refractivity contribution in [3.8, 4) is 10.4 Å². The molecule has 1 aromatic carbocycles. The number of hydrogen-bond donors (Lipinski definition) is 1. The van der Waals surface area contributed by atoms with Crippen molar-refractivity contribution in [2.45, 2.75) is 32.4 Å². The Hall–Kier alpha value is -1.23. The van der Waals surface area contributed by atoms with Gasteiger partial charge in [0.1, 0.15) is 5.82 Å². The van der Waals surface area contributed by atoms with Crippen LogP contribution in [0.25, 0.3) is 10.4 Å². The van der Waals surface area contributed by atoms with E-state index in [1.165, 1.54) is 30.3 Å². The topological polar surface area (TPSA) is 15.3 Å². The van der Waals surface area contributed by atoms with Crippen molar-refractivity contribution in [1.82, 2.24) is 10.2 Å². The summed E-state index contributed by atoms with van der Waals surface area (Å²) in [4.78, 5) is 4.82. The van der Waals surface area contributed by atoms with Gasteiger partial charge in [-0.15, -0.1) is 11.3 Å². The molecule has 0 bridgehead atoms. The highest BCUT2D eigenvalue weighted by molar-refractivity contribution is 7.15. The van der Waals surface area contributed by atoms with Crippen LogP contribution in [0.4, 0.5) is 4.39 Å². The van der Waals surface area contributed by atoms with Gasteiger partial charge in [-0.25, -0.2) is 4.39 Å². The van der Waals surface area contributed by atoms with E-state index in [9.17, 15) is 4.39 Å². The molecule has 1 saturated heterocycles. The third kappa shape index (κ3) is 3.57. The number of benzene rings is 1. The van der Waals surface area contributed by atoms with Gasteiger partial charge in [0.2, 0.25) is 0 Å². The van der Waals surface area contributed by atoms with Crippen LogP contribution in [0.2, 0.25) is 0 Å². The predicted octanol–water partition coefficient (Wildman–Crippen LogP) is 4.13. The molecule has 1 fully saturated rings. The summed E-state index contributed by atoms with van der Waals surface area (Å²) in [5.74, 6) is -0.145. The number of thiophene rings is 1. The normalized spacial score (nSPS) is 18.9. The summed E-state index contributed by atoms with van der Waals surface area (Å²) in [7, 11) is 0. The largest absolute Gasteiger partial charge is 0.310 e. The van der Waals surface area contributed by atoms with Crippen LogP contribution in [0.1, 0.15) is 24.6 Å². The second-order valence-electron chi connectivity index (χ2n) is 5.80. The molecule has 1 aliphatic heterocycles. The van der Waals surface area contributed by atoms with Gasteiger partial charge in [0, 0.05) is 34.4 Å². The fourth-order valence-corrected chi connectivity index (χ4v) is 4.19. The smallest absolute Gasteiger partial charge is 0.131 e. The molecule has 2 aromatic rings. The van der Waals surface area contributed by atoms with Crippen molar-refractivity contribution >= 4 is 11.3 Å². The van der Waals surface area contributed by atoms with Gasteiger partial charge in [0.25, 0.3) is 0 Å². The van der Waals surface area contributed by atoms with Crippen LogP contribution in [0, 0.1) is 5.82 Å².